The van der Waals surface area contributed by atoms with Gasteiger partial charge in [0.1, 0.15) is 17.6 Å². The molecule has 2 N–H and O–H groups in total. The molecule has 0 aromatic heterocycles. The molecule has 1 unspecified atom stereocenters. The Labute approximate surface area is 110 Å². The van der Waals surface area contributed by atoms with Crippen LogP contribution in [-0.4, -0.2) is 30.1 Å². The van der Waals surface area contributed by atoms with Gasteiger partial charge in [-0.05, 0) is 24.1 Å². The largest absolute Gasteiger partial charge is 0.507 e. The van der Waals surface area contributed by atoms with Gasteiger partial charge in [-0.1, -0.05) is 13.8 Å². The average molecular weight is 269 g/mol. The molecule has 0 fully saturated rings. The van der Waals surface area contributed by atoms with Crippen LogP contribution in [0.2, 0.25) is 0 Å². The molecule has 0 saturated heterocycles. The second-order valence-corrected chi connectivity index (χ2v) is 4.38. The second-order valence-electron chi connectivity index (χ2n) is 4.38. The van der Waals surface area contributed by atoms with Gasteiger partial charge < -0.3 is 15.2 Å². The minimum Gasteiger partial charge on any atom is -0.507 e. The zero-order valence-electron chi connectivity index (χ0n) is 10.9. The van der Waals surface area contributed by atoms with Crippen molar-refractivity contribution in [3.8, 4) is 5.75 Å². The highest BCUT2D eigenvalue weighted by Crippen LogP contribution is 2.18. The van der Waals surface area contributed by atoms with E-state index in [-0.39, 0.29) is 17.2 Å². The van der Waals surface area contributed by atoms with Gasteiger partial charge in [-0.15, -0.1) is 0 Å². The van der Waals surface area contributed by atoms with Crippen molar-refractivity contribution >= 4 is 11.9 Å². The number of nitrogens with one attached hydrogen (secondary N) is 1. The second kappa shape index (κ2) is 6.17. The van der Waals surface area contributed by atoms with Crippen molar-refractivity contribution < 1.29 is 23.8 Å². The van der Waals surface area contributed by atoms with Gasteiger partial charge >= 0.3 is 5.97 Å². The van der Waals surface area contributed by atoms with Gasteiger partial charge in [-0.25, -0.2) is 9.18 Å². The fourth-order valence-electron chi connectivity index (χ4n) is 1.53. The van der Waals surface area contributed by atoms with E-state index >= 15 is 0 Å². The number of aromatic hydroxyl groups is 1. The highest BCUT2D eigenvalue weighted by Gasteiger charge is 2.26. The third-order valence-corrected chi connectivity index (χ3v) is 2.61. The molecule has 0 aliphatic carbocycles. The number of halogens is 1. The van der Waals surface area contributed by atoms with Crippen LogP contribution in [0, 0.1) is 11.7 Å². The van der Waals surface area contributed by atoms with E-state index in [1.54, 1.807) is 13.8 Å². The summed E-state index contributed by atoms with van der Waals surface area (Å²) >= 11 is 0. The lowest BCUT2D eigenvalue weighted by atomic mass is 10.0. The summed E-state index contributed by atoms with van der Waals surface area (Å²) in [6.45, 7) is 3.46. The monoisotopic (exact) mass is 269 g/mol. The highest BCUT2D eigenvalue weighted by atomic mass is 19.1. The highest BCUT2D eigenvalue weighted by molar-refractivity contribution is 5.99. The minimum absolute atomic E-state index is 0.202. The molecule has 1 aromatic carbocycles. The van der Waals surface area contributed by atoms with Crippen LogP contribution < -0.4 is 5.32 Å². The first-order valence-electron chi connectivity index (χ1n) is 5.74. The normalized spacial score (nSPS) is 12.1. The summed E-state index contributed by atoms with van der Waals surface area (Å²) in [5.74, 6) is -2.54. The summed E-state index contributed by atoms with van der Waals surface area (Å²) in [6, 6.07) is 2.15. The summed E-state index contributed by atoms with van der Waals surface area (Å²) in [4.78, 5) is 23.4. The Morgan fingerprint density at radius 3 is 2.53 bits per heavy atom. The summed E-state index contributed by atoms with van der Waals surface area (Å²) in [5, 5.41) is 11.9. The van der Waals surface area contributed by atoms with Gasteiger partial charge in [0.15, 0.2) is 0 Å². The Morgan fingerprint density at radius 2 is 2.00 bits per heavy atom. The summed E-state index contributed by atoms with van der Waals surface area (Å²) in [6.07, 6.45) is 0. The molecular weight excluding hydrogens is 253 g/mol. The number of carbonyl (C=O) groups is 2. The Kier molecular flexibility index (Phi) is 4.86. The quantitative estimate of drug-likeness (QED) is 0.811. The van der Waals surface area contributed by atoms with Crippen molar-refractivity contribution in [3.05, 3.63) is 29.6 Å². The van der Waals surface area contributed by atoms with Gasteiger partial charge in [0, 0.05) is 0 Å². The average Bonchev–Trinajstić information content (AvgIpc) is 2.37. The molecule has 104 valence electrons. The van der Waals surface area contributed by atoms with Gasteiger partial charge in [0.05, 0.1) is 12.7 Å². The van der Waals surface area contributed by atoms with Gasteiger partial charge in [-0.2, -0.15) is 0 Å². The number of benzene rings is 1. The minimum atomic E-state index is -0.861. The zero-order valence-corrected chi connectivity index (χ0v) is 10.9. The van der Waals surface area contributed by atoms with E-state index < -0.39 is 23.7 Å². The van der Waals surface area contributed by atoms with Crippen molar-refractivity contribution in [2.24, 2.45) is 5.92 Å². The van der Waals surface area contributed by atoms with E-state index in [4.69, 9.17) is 0 Å². The smallest absolute Gasteiger partial charge is 0.328 e. The zero-order chi connectivity index (χ0) is 14.6. The van der Waals surface area contributed by atoms with Crippen LogP contribution in [0.25, 0.3) is 0 Å². The van der Waals surface area contributed by atoms with E-state index in [1.165, 1.54) is 7.11 Å². The van der Waals surface area contributed by atoms with E-state index in [2.05, 4.69) is 10.1 Å². The Morgan fingerprint density at radius 1 is 1.37 bits per heavy atom. The maximum atomic E-state index is 13.0. The predicted molar refractivity (Wildman–Crippen MR) is 66.2 cm³/mol. The lowest BCUT2D eigenvalue weighted by molar-refractivity contribution is -0.144. The van der Waals surface area contributed by atoms with Crippen molar-refractivity contribution in [2.45, 2.75) is 19.9 Å². The maximum absolute atomic E-state index is 13.0. The van der Waals surface area contributed by atoms with E-state index in [9.17, 15) is 19.1 Å². The third kappa shape index (κ3) is 3.67. The Balaban J connectivity index is 2.94. The molecule has 0 aliphatic heterocycles. The number of rotatable bonds is 4. The van der Waals surface area contributed by atoms with Crippen molar-refractivity contribution in [1.29, 1.82) is 0 Å². The molecule has 0 aliphatic rings. The summed E-state index contributed by atoms with van der Waals surface area (Å²) < 4.78 is 17.6. The SMILES string of the molecule is COC(=O)C(NC(=O)c1cc(F)ccc1O)C(C)C. The third-order valence-electron chi connectivity index (χ3n) is 2.61. The molecule has 0 radical (unpaired) electrons. The molecule has 1 amide bonds. The van der Waals surface area contributed by atoms with Gasteiger partial charge in [-0.3, -0.25) is 4.79 Å². The predicted octanol–water partition coefficient (Wildman–Crippen LogP) is 1.46. The van der Waals surface area contributed by atoms with Crippen molar-refractivity contribution in [1.82, 2.24) is 5.32 Å². The summed E-state index contributed by atoms with van der Waals surface area (Å²) in [5.41, 5.74) is -0.227. The molecule has 1 aromatic rings. The number of phenols is 1. The first kappa shape index (κ1) is 14.9. The van der Waals surface area contributed by atoms with Gasteiger partial charge in [0.25, 0.3) is 5.91 Å². The summed E-state index contributed by atoms with van der Waals surface area (Å²) in [7, 11) is 1.21. The van der Waals surface area contributed by atoms with Gasteiger partial charge in [0.2, 0.25) is 0 Å². The Hall–Kier alpha value is -2.11. The number of methoxy groups -OCH3 is 1. The molecule has 0 saturated carbocycles. The van der Waals surface area contributed by atoms with Crippen LogP contribution >= 0.6 is 0 Å². The molecule has 6 heteroatoms. The molecule has 0 heterocycles. The number of amides is 1. The van der Waals surface area contributed by atoms with Crippen LogP contribution in [0.15, 0.2) is 18.2 Å². The molecular formula is C13H16FNO4. The first-order chi connectivity index (χ1) is 8.86. The van der Waals surface area contributed by atoms with Crippen LogP contribution in [0.4, 0.5) is 4.39 Å². The number of esters is 1. The van der Waals surface area contributed by atoms with Crippen molar-refractivity contribution in [3.63, 3.8) is 0 Å². The lowest BCUT2D eigenvalue weighted by Gasteiger charge is -2.20. The van der Waals surface area contributed by atoms with Crippen LogP contribution in [0.1, 0.15) is 24.2 Å². The number of ether oxygens (including phenoxy) is 1. The number of carbonyl (C=O) groups excluding carboxylic acids is 2. The van der Waals surface area contributed by atoms with E-state index in [1.807, 2.05) is 0 Å². The molecule has 5 nitrogen and oxygen atoms in total. The lowest BCUT2D eigenvalue weighted by Crippen LogP contribution is -2.45. The van der Waals surface area contributed by atoms with Crippen molar-refractivity contribution in [2.75, 3.05) is 7.11 Å². The topological polar surface area (TPSA) is 75.6 Å². The first-order valence-corrected chi connectivity index (χ1v) is 5.74. The van der Waals surface area contributed by atoms with Crippen LogP contribution in [-0.2, 0) is 9.53 Å². The number of phenolic OH excluding ortho intramolecular Hbond substituents is 1. The number of hydrogen-bond donors (Lipinski definition) is 2. The van der Waals surface area contributed by atoms with Crippen LogP contribution in [0.3, 0.4) is 0 Å². The van der Waals surface area contributed by atoms with E-state index in [0.717, 1.165) is 18.2 Å². The van der Waals surface area contributed by atoms with Crippen LogP contribution in [0.5, 0.6) is 5.75 Å². The maximum Gasteiger partial charge on any atom is 0.328 e. The molecule has 1 rings (SSSR count). The standard InChI is InChI=1S/C13H16FNO4/c1-7(2)11(13(18)19-3)15-12(17)9-6-8(14)4-5-10(9)16/h4-7,11,16H,1-3H3,(H,15,17). The molecule has 0 bridgehead atoms. The molecule has 19 heavy (non-hydrogen) atoms. The molecule has 1 atom stereocenters. The fourth-order valence-corrected chi connectivity index (χ4v) is 1.53. The fraction of sp³-hybridized carbons (Fsp3) is 0.385. The number of hydrogen-bond acceptors (Lipinski definition) is 4. The van der Waals surface area contributed by atoms with E-state index in [0.29, 0.717) is 0 Å². The Bertz CT molecular complexity index is 488. The molecule has 0 spiro atoms.